The quantitative estimate of drug-likeness (QED) is 0.156. The van der Waals surface area contributed by atoms with Gasteiger partial charge in [0.1, 0.15) is 0 Å². The maximum absolute atomic E-state index is 15.7. The van der Waals surface area contributed by atoms with Crippen LogP contribution < -0.4 is 9.22 Å². The number of amides is 1. The van der Waals surface area contributed by atoms with Crippen LogP contribution in [0, 0.1) is 17.1 Å². The number of nitrogens with zero attached hydrogens (tertiary/aromatic N) is 8. The van der Waals surface area contributed by atoms with E-state index in [0.29, 0.717) is 57.4 Å². The van der Waals surface area contributed by atoms with Gasteiger partial charge in [0.25, 0.3) is 0 Å². The molecule has 2 aliphatic heterocycles. The molecule has 0 saturated carbocycles. The van der Waals surface area contributed by atoms with Crippen LogP contribution in [0.4, 0.5) is 4.39 Å². The molecule has 1 amide bonds. The van der Waals surface area contributed by atoms with Gasteiger partial charge in [-0.1, -0.05) is 0 Å². The van der Waals surface area contributed by atoms with Gasteiger partial charge in [-0.3, -0.25) is 0 Å². The Hall–Kier alpha value is -4.10. The molecule has 4 heterocycles. The van der Waals surface area contributed by atoms with Gasteiger partial charge in [0.15, 0.2) is 0 Å². The zero-order valence-electron chi connectivity index (χ0n) is 28.0. The Kier molecular flexibility index (Phi) is 9.71. The van der Waals surface area contributed by atoms with E-state index in [2.05, 4.69) is 77.4 Å². The van der Waals surface area contributed by atoms with Crippen molar-refractivity contribution in [3.63, 3.8) is 0 Å². The van der Waals surface area contributed by atoms with Crippen molar-refractivity contribution in [2.45, 2.75) is 64.2 Å². The van der Waals surface area contributed by atoms with Gasteiger partial charge in [0.2, 0.25) is 0 Å². The Bertz CT molecular complexity index is 1890. The molecule has 248 valence electrons. The zero-order chi connectivity index (χ0) is 34.2. The third kappa shape index (κ3) is 6.75. The molecule has 0 spiro atoms. The van der Waals surface area contributed by atoms with Crippen LogP contribution in [-0.2, 0) is 4.79 Å². The van der Waals surface area contributed by atoms with Crippen LogP contribution in [0.1, 0.15) is 46.6 Å². The molecule has 0 unspecified atom stereocenters. The molecule has 2 aliphatic rings. The van der Waals surface area contributed by atoms with E-state index < -0.39 is 11.4 Å². The van der Waals surface area contributed by atoms with Crippen molar-refractivity contribution in [3.8, 4) is 28.8 Å². The van der Waals surface area contributed by atoms with E-state index in [-0.39, 0.29) is 23.6 Å². The second-order valence-electron chi connectivity index (χ2n) is 13.4. The third-order valence-electron chi connectivity index (χ3n) is 9.56. The van der Waals surface area contributed by atoms with E-state index in [0.717, 1.165) is 25.9 Å². The summed E-state index contributed by atoms with van der Waals surface area (Å²) in [6.45, 7) is 11.2. The van der Waals surface area contributed by atoms with Gasteiger partial charge < -0.3 is 4.90 Å². The van der Waals surface area contributed by atoms with Gasteiger partial charge in [-0.15, -0.1) is 0 Å². The number of likely N-dealkylation sites (tertiary alicyclic amines) is 1. The standard InChI is InChI=1S/C36H40AsFN8O2/c1-23-20-45(24(2)19-43(23)5)36(3,4)17-25(18-39)35(47)44-15-9-10-26(21-44)46-34-31(33(37)40-22-41-34)32(42-46)29-14-13-28(16-30(29)38)48-27-11-7-6-8-12-27/h6-8,11-14,16-17,22-24,26H,9-10,15,19-21H2,1-5H3/b25-17-/t23-,24+,26-/m0/s1. The number of para-hydroxylation sites is 1. The van der Waals surface area contributed by atoms with E-state index in [1.54, 1.807) is 21.7 Å². The molecule has 2 aromatic heterocycles. The first-order valence-electron chi connectivity index (χ1n) is 16.3. The van der Waals surface area contributed by atoms with Crippen LogP contribution in [-0.4, -0.2) is 108 Å². The predicted octanol–water partition coefficient (Wildman–Crippen LogP) is 4.63. The number of piperazine rings is 1. The van der Waals surface area contributed by atoms with Crippen LogP contribution in [0.2, 0.25) is 0 Å². The number of hydrogen-bond acceptors (Lipinski definition) is 8. The number of piperidine rings is 1. The number of ether oxygens (including phenoxy) is 1. The second kappa shape index (κ2) is 13.8. The van der Waals surface area contributed by atoms with Gasteiger partial charge in [-0.25, -0.2) is 0 Å². The molecule has 2 radical (unpaired) electrons. The summed E-state index contributed by atoms with van der Waals surface area (Å²) >= 11 is 2.42. The van der Waals surface area contributed by atoms with Crippen molar-refractivity contribution in [1.82, 2.24) is 34.4 Å². The number of likely N-dealkylation sites (N-methyl/N-ethyl adjacent to an activating group) is 1. The molecule has 2 aromatic carbocycles. The van der Waals surface area contributed by atoms with E-state index in [9.17, 15) is 10.1 Å². The van der Waals surface area contributed by atoms with Crippen molar-refractivity contribution in [2.24, 2.45) is 0 Å². The number of aromatic nitrogens is 4. The first kappa shape index (κ1) is 33.8. The van der Waals surface area contributed by atoms with E-state index >= 15 is 4.39 Å². The third-order valence-corrected chi connectivity index (χ3v) is 10.3. The Morgan fingerprint density at radius 1 is 1.08 bits per heavy atom. The Morgan fingerprint density at radius 2 is 1.85 bits per heavy atom. The molecule has 12 heteroatoms. The summed E-state index contributed by atoms with van der Waals surface area (Å²) in [5.74, 6) is 0.210. The number of carbonyl (C=O) groups excluding carboxylic acids is 1. The van der Waals surface area contributed by atoms with Crippen molar-refractivity contribution in [3.05, 3.63) is 72.3 Å². The number of halogens is 1. The summed E-state index contributed by atoms with van der Waals surface area (Å²) in [4.78, 5) is 29.3. The number of rotatable bonds is 7. The van der Waals surface area contributed by atoms with E-state index in [4.69, 9.17) is 9.84 Å². The molecular weight excluding hydrogens is 670 g/mol. The van der Waals surface area contributed by atoms with Crippen LogP contribution >= 0.6 is 0 Å². The number of fused-ring (bicyclic) bond motifs is 1. The molecule has 6 rings (SSSR count). The van der Waals surface area contributed by atoms with Crippen LogP contribution in [0.3, 0.4) is 0 Å². The number of carbonyl (C=O) groups is 1. The van der Waals surface area contributed by atoms with E-state index in [1.165, 1.54) is 12.4 Å². The summed E-state index contributed by atoms with van der Waals surface area (Å²) in [6, 6.07) is 16.6. The first-order chi connectivity index (χ1) is 23.0. The number of benzene rings is 2. The topological polar surface area (TPSA) is 103 Å². The fourth-order valence-corrected chi connectivity index (χ4v) is 7.51. The zero-order valence-corrected chi connectivity index (χ0v) is 29.8. The molecule has 0 bridgehead atoms. The van der Waals surface area contributed by atoms with Gasteiger partial charge in [0.05, 0.1) is 0 Å². The Labute approximate surface area is 289 Å². The van der Waals surface area contributed by atoms with Gasteiger partial charge >= 0.3 is 240 Å². The van der Waals surface area contributed by atoms with Crippen LogP contribution in [0.25, 0.3) is 22.3 Å². The summed E-state index contributed by atoms with van der Waals surface area (Å²) in [7, 11) is 2.13. The molecule has 48 heavy (non-hydrogen) atoms. The first-order valence-corrected chi connectivity index (χ1v) is 17.2. The maximum atomic E-state index is 15.7. The Morgan fingerprint density at radius 3 is 2.58 bits per heavy atom. The molecule has 0 N–H and O–H groups in total. The minimum atomic E-state index is -0.490. The number of hydrogen-bond donors (Lipinski definition) is 0. The van der Waals surface area contributed by atoms with Crippen molar-refractivity contribution in [2.75, 3.05) is 33.2 Å². The fourth-order valence-electron chi connectivity index (χ4n) is 6.97. The fraction of sp³-hybridized carbons (Fsp3) is 0.417. The van der Waals surface area contributed by atoms with Crippen LogP contribution in [0.5, 0.6) is 11.5 Å². The van der Waals surface area contributed by atoms with E-state index in [1.807, 2.05) is 36.4 Å². The normalized spacial score (nSPS) is 21.3. The molecule has 2 fully saturated rings. The average molecular weight is 711 g/mol. The molecule has 10 nitrogen and oxygen atoms in total. The minimum absolute atomic E-state index is 0.140. The number of nitriles is 1. The summed E-state index contributed by atoms with van der Waals surface area (Å²) in [5, 5.41) is 15.7. The molecular formula is C36H40AsFN8O2. The average Bonchev–Trinajstić information content (AvgIpc) is 3.46. The summed E-state index contributed by atoms with van der Waals surface area (Å²) in [5.41, 5.74) is 0.934. The summed E-state index contributed by atoms with van der Waals surface area (Å²) < 4.78 is 24.0. The molecule has 3 atom stereocenters. The van der Waals surface area contributed by atoms with Crippen LogP contribution in [0.15, 0.2) is 66.5 Å². The monoisotopic (exact) mass is 710 g/mol. The second-order valence-corrected chi connectivity index (χ2v) is 14.3. The molecule has 0 aliphatic carbocycles. The van der Waals surface area contributed by atoms with Gasteiger partial charge in [0, 0.05) is 25.2 Å². The summed E-state index contributed by atoms with van der Waals surface area (Å²) in [6.07, 6.45) is 4.77. The van der Waals surface area contributed by atoms with Crippen molar-refractivity contribution >= 4 is 38.3 Å². The Balaban J connectivity index is 1.27. The van der Waals surface area contributed by atoms with Gasteiger partial charge in [-0.2, -0.15) is 0 Å². The molecule has 2 saturated heterocycles. The predicted molar refractivity (Wildman–Crippen MR) is 184 cm³/mol. The van der Waals surface area contributed by atoms with Crippen molar-refractivity contribution < 1.29 is 13.9 Å². The molecule has 4 aromatic rings. The van der Waals surface area contributed by atoms with Crippen molar-refractivity contribution in [1.29, 1.82) is 5.26 Å². The SMILES string of the molecule is C[C@@H]1CN(C)[C@@H](C)CN1C(C)(C)/C=C(/C#N)C(=O)N1CCC[C@H](n2nc(-c3ccc(Oc4ccccc4)cc3F)c3c([As])ncnc32)C1. The van der Waals surface area contributed by atoms with Gasteiger partial charge in [-0.05, 0) is 20.9 Å².